The van der Waals surface area contributed by atoms with Crippen molar-refractivity contribution in [2.75, 3.05) is 0 Å². The van der Waals surface area contributed by atoms with Crippen LogP contribution in [-0.2, 0) is 10.0 Å². The maximum atomic E-state index is 14.1. The van der Waals surface area contributed by atoms with Gasteiger partial charge >= 0.3 is 0 Å². The van der Waals surface area contributed by atoms with Gasteiger partial charge in [-0.1, -0.05) is 105 Å². The van der Waals surface area contributed by atoms with Gasteiger partial charge in [0.05, 0.1) is 10.8 Å². The third-order valence-electron chi connectivity index (χ3n) is 7.38. The van der Waals surface area contributed by atoms with Gasteiger partial charge in [0, 0.05) is 10.8 Å². The third-order valence-corrected chi connectivity index (χ3v) is 9.24. The Balaban J connectivity index is 1.95. The van der Waals surface area contributed by atoms with E-state index in [0.717, 1.165) is 34.7 Å². The predicted octanol–water partition coefficient (Wildman–Crippen LogP) is 5.68. The van der Waals surface area contributed by atoms with E-state index in [1.165, 1.54) is 12.1 Å². The maximum absolute atomic E-state index is 14.1. The van der Waals surface area contributed by atoms with Crippen LogP contribution in [0.1, 0.15) is 61.3 Å². The Morgan fingerprint density at radius 1 is 0.892 bits per heavy atom. The number of aryl methyl sites for hydroxylation is 1. The van der Waals surface area contributed by atoms with E-state index < -0.39 is 40.2 Å². The van der Waals surface area contributed by atoms with Crippen LogP contribution >= 0.6 is 0 Å². The summed E-state index contributed by atoms with van der Waals surface area (Å²) >= 11 is 0. The van der Waals surface area contributed by atoms with E-state index in [4.69, 9.17) is 0 Å². The summed E-state index contributed by atoms with van der Waals surface area (Å²) in [6.07, 6.45) is 1.60. The van der Waals surface area contributed by atoms with Crippen molar-refractivity contribution in [2.24, 2.45) is 5.92 Å². The van der Waals surface area contributed by atoms with Crippen LogP contribution in [0.4, 0.5) is 0 Å². The fraction of sp³-hybridized carbons (Fsp3) is 0.379. The van der Waals surface area contributed by atoms with Gasteiger partial charge in [-0.3, -0.25) is 10.1 Å². The molecule has 1 heterocycles. The minimum absolute atomic E-state index is 0.00523. The van der Waals surface area contributed by atoms with E-state index >= 15 is 0 Å². The average Bonchev–Trinajstić information content (AvgIpc) is 2.90. The van der Waals surface area contributed by atoms with Gasteiger partial charge in [0.25, 0.3) is 0 Å². The molecule has 3 aromatic rings. The van der Waals surface area contributed by atoms with Gasteiger partial charge < -0.3 is 5.11 Å². The second-order valence-electron chi connectivity index (χ2n) is 9.79. The lowest BCUT2D eigenvalue weighted by molar-refractivity contribution is -0.543. The molecule has 5 atom stereocenters. The van der Waals surface area contributed by atoms with E-state index in [0.29, 0.717) is 12.0 Å². The molecule has 0 bridgehead atoms. The normalized spacial score (nSPS) is 24.6. The number of unbranched alkanes of at least 4 members (excludes halogenated alkanes) is 2. The van der Waals surface area contributed by atoms with E-state index in [1.807, 2.05) is 37.3 Å². The molecular weight excluding hydrogens is 488 g/mol. The monoisotopic (exact) mass is 522 g/mol. The highest BCUT2D eigenvalue weighted by molar-refractivity contribution is 7.89. The molecule has 1 unspecified atom stereocenters. The zero-order chi connectivity index (χ0) is 26.6. The molecule has 1 fully saturated rings. The molecule has 0 saturated carbocycles. The number of benzene rings is 3. The zero-order valence-corrected chi connectivity index (χ0v) is 22.0. The van der Waals surface area contributed by atoms with Crippen molar-refractivity contribution in [1.29, 1.82) is 0 Å². The standard InChI is InChI=1S/C29H34N2O5S/c1-3-4-7-16-25-26(22-12-8-5-9-13-22)28(31(33)34)27(23-14-10-6-11-15-23)30(29(25)32)37(35,36)24-19-17-21(2)18-20-24/h5-6,8-15,17-20,25-29,32H,3-4,7,16H2,1-2H3/t25-,26-,27-,28+,29?/m1/s1. The van der Waals surface area contributed by atoms with Crippen LogP contribution in [0.3, 0.4) is 0 Å². The Morgan fingerprint density at radius 3 is 2.00 bits per heavy atom. The number of rotatable bonds is 9. The lowest BCUT2D eigenvalue weighted by Gasteiger charge is -2.48. The minimum Gasteiger partial charge on any atom is -0.377 e. The van der Waals surface area contributed by atoms with E-state index in [9.17, 15) is 23.6 Å². The molecule has 196 valence electrons. The summed E-state index contributed by atoms with van der Waals surface area (Å²) in [4.78, 5) is 12.5. The fourth-order valence-corrected chi connectivity index (χ4v) is 7.29. The first-order chi connectivity index (χ1) is 17.8. The molecule has 1 saturated heterocycles. The molecule has 1 N–H and O–H groups in total. The van der Waals surface area contributed by atoms with E-state index in [-0.39, 0.29) is 9.82 Å². The van der Waals surface area contributed by atoms with Gasteiger partial charge in [-0.2, -0.15) is 4.31 Å². The van der Waals surface area contributed by atoms with Crippen LogP contribution in [0.2, 0.25) is 0 Å². The number of nitro groups is 1. The summed E-state index contributed by atoms with van der Waals surface area (Å²) < 4.78 is 29.3. The highest BCUT2D eigenvalue weighted by Gasteiger charge is 2.59. The summed E-state index contributed by atoms with van der Waals surface area (Å²) in [6.45, 7) is 3.92. The van der Waals surface area contributed by atoms with Crippen LogP contribution in [0, 0.1) is 23.0 Å². The predicted molar refractivity (Wildman–Crippen MR) is 143 cm³/mol. The highest BCUT2D eigenvalue weighted by atomic mass is 32.2. The quantitative estimate of drug-likeness (QED) is 0.221. The Kier molecular flexibility index (Phi) is 8.42. The fourth-order valence-electron chi connectivity index (χ4n) is 5.58. The molecule has 8 heteroatoms. The van der Waals surface area contributed by atoms with Crippen molar-refractivity contribution < 1.29 is 18.4 Å². The van der Waals surface area contributed by atoms with Gasteiger partial charge in [-0.25, -0.2) is 8.42 Å². The Hall–Kier alpha value is -3.07. The number of hydrogen-bond acceptors (Lipinski definition) is 5. The Morgan fingerprint density at radius 2 is 1.46 bits per heavy atom. The first kappa shape index (κ1) is 27.0. The van der Waals surface area contributed by atoms with Crippen LogP contribution in [0.25, 0.3) is 0 Å². The average molecular weight is 523 g/mol. The van der Waals surface area contributed by atoms with E-state index in [1.54, 1.807) is 42.5 Å². The summed E-state index contributed by atoms with van der Waals surface area (Å²) in [5, 5.41) is 24.7. The van der Waals surface area contributed by atoms with Gasteiger partial charge in [0.2, 0.25) is 16.1 Å². The SMILES string of the molecule is CCCCC[C@H]1C(O)N(S(=O)(=O)c2ccc(C)cc2)[C@H](c2ccccc2)[C@@H]([N+](=O)[O-])[C@@H]1c1ccccc1. The molecule has 0 amide bonds. The van der Waals surface area contributed by atoms with Gasteiger partial charge in [0.15, 0.2) is 0 Å². The molecule has 0 spiro atoms. The van der Waals surface area contributed by atoms with Crippen LogP contribution < -0.4 is 0 Å². The van der Waals surface area contributed by atoms with Gasteiger partial charge in [-0.05, 0) is 36.6 Å². The summed E-state index contributed by atoms with van der Waals surface area (Å²) in [5.74, 6) is -1.32. The molecule has 1 aliphatic heterocycles. The molecule has 0 aliphatic carbocycles. The lowest BCUT2D eigenvalue weighted by atomic mass is 9.71. The topological polar surface area (TPSA) is 101 Å². The van der Waals surface area contributed by atoms with Crippen molar-refractivity contribution in [3.63, 3.8) is 0 Å². The van der Waals surface area contributed by atoms with Crippen molar-refractivity contribution in [2.45, 2.75) is 68.7 Å². The number of aliphatic hydroxyl groups is 1. The summed E-state index contributed by atoms with van der Waals surface area (Å²) in [6, 6.07) is 21.7. The third kappa shape index (κ3) is 5.46. The summed E-state index contributed by atoms with van der Waals surface area (Å²) in [5.41, 5.74) is 2.10. The van der Waals surface area contributed by atoms with Crippen molar-refractivity contribution >= 4 is 10.0 Å². The van der Waals surface area contributed by atoms with Gasteiger partial charge in [0.1, 0.15) is 12.3 Å². The van der Waals surface area contributed by atoms with Crippen LogP contribution in [0.15, 0.2) is 89.8 Å². The Bertz CT molecular complexity index is 1280. The number of piperidine rings is 1. The second-order valence-corrected chi connectivity index (χ2v) is 11.6. The summed E-state index contributed by atoms with van der Waals surface area (Å²) in [7, 11) is -4.28. The smallest absolute Gasteiger partial charge is 0.246 e. The first-order valence-electron chi connectivity index (χ1n) is 12.8. The second kappa shape index (κ2) is 11.5. The molecule has 1 aliphatic rings. The van der Waals surface area contributed by atoms with Gasteiger partial charge in [-0.15, -0.1) is 0 Å². The molecular formula is C29H34N2O5S. The molecule has 7 nitrogen and oxygen atoms in total. The number of aliphatic hydroxyl groups excluding tert-OH is 1. The highest BCUT2D eigenvalue weighted by Crippen LogP contribution is 2.50. The molecule has 3 aromatic carbocycles. The van der Waals surface area contributed by atoms with Crippen LogP contribution in [0.5, 0.6) is 0 Å². The first-order valence-corrected chi connectivity index (χ1v) is 14.2. The molecule has 37 heavy (non-hydrogen) atoms. The minimum atomic E-state index is -4.28. The molecule has 0 radical (unpaired) electrons. The van der Waals surface area contributed by atoms with Crippen LogP contribution in [-0.4, -0.2) is 35.0 Å². The number of sulfonamides is 1. The maximum Gasteiger partial charge on any atom is 0.246 e. The Labute approximate surface area is 219 Å². The van der Waals surface area contributed by atoms with E-state index in [2.05, 4.69) is 6.92 Å². The van der Waals surface area contributed by atoms with Crippen molar-refractivity contribution in [3.8, 4) is 0 Å². The molecule has 4 rings (SSSR count). The van der Waals surface area contributed by atoms with Crippen molar-refractivity contribution in [3.05, 3.63) is 112 Å². The lowest BCUT2D eigenvalue weighted by Crippen LogP contribution is -2.60. The largest absolute Gasteiger partial charge is 0.377 e. The van der Waals surface area contributed by atoms with Crippen molar-refractivity contribution in [1.82, 2.24) is 4.31 Å². The number of nitrogens with zero attached hydrogens (tertiary/aromatic N) is 2. The zero-order valence-electron chi connectivity index (χ0n) is 21.2. The molecule has 0 aromatic heterocycles. The number of hydrogen-bond donors (Lipinski definition) is 1.